The molecule has 2 saturated heterocycles. The molecular formula is C33H36FN7O4. The lowest BCUT2D eigenvalue weighted by Crippen LogP contribution is -2.41. The maximum Gasteiger partial charge on any atom is 0.245 e. The third kappa shape index (κ3) is 7.30. The number of aromatic nitrogens is 3. The average molecular weight is 614 g/mol. The number of ether oxygens (including phenoxy) is 3. The number of rotatable bonds is 10. The molecule has 2 N–H and O–H groups in total. The van der Waals surface area contributed by atoms with Crippen molar-refractivity contribution in [3.63, 3.8) is 0 Å². The zero-order valence-corrected chi connectivity index (χ0v) is 25.2. The van der Waals surface area contributed by atoms with Crippen LogP contribution in [0.3, 0.4) is 0 Å². The lowest BCUT2D eigenvalue weighted by Gasteiger charge is -2.32. The Morgan fingerprint density at radius 2 is 1.84 bits per heavy atom. The van der Waals surface area contributed by atoms with Gasteiger partial charge in [0.2, 0.25) is 5.91 Å². The molecule has 0 spiro atoms. The van der Waals surface area contributed by atoms with Crippen molar-refractivity contribution < 1.29 is 23.4 Å². The average Bonchev–Trinajstić information content (AvgIpc) is 3.06. The molecule has 11 nitrogen and oxygen atoms in total. The number of fused-ring (bicyclic) bond motifs is 1. The molecule has 4 heterocycles. The first-order valence-electron chi connectivity index (χ1n) is 15.0. The van der Waals surface area contributed by atoms with Crippen molar-refractivity contribution in [3.05, 3.63) is 79.2 Å². The maximum atomic E-state index is 15.4. The number of morpholine rings is 1. The molecule has 12 heteroatoms. The summed E-state index contributed by atoms with van der Waals surface area (Å²) in [5.74, 6) is 1.49. The summed E-state index contributed by atoms with van der Waals surface area (Å²) in [6.45, 7) is 8.71. The number of halogens is 1. The van der Waals surface area contributed by atoms with Gasteiger partial charge in [-0.05, 0) is 43.2 Å². The molecule has 6 rings (SSSR count). The van der Waals surface area contributed by atoms with Crippen molar-refractivity contribution in [2.45, 2.75) is 25.4 Å². The van der Waals surface area contributed by atoms with E-state index in [0.29, 0.717) is 66.8 Å². The molecule has 1 amide bonds. The molecule has 45 heavy (non-hydrogen) atoms. The van der Waals surface area contributed by atoms with E-state index in [1.807, 2.05) is 18.2 Å². The number of nitrogens with zero attached hydrogens (tertiary/aromatic N) is 5. The van der Waals surface area contributed by atoms with Crippen LogP contribution in [0.2, 0.25) is 0 Å². The Labute approximate surface area is 261 Å². The van der Waals surface area contributed by atoms with Crippen molar-refractivity contribution in [1.82, 2.24) is 24.8 Å². The molecule has 0 radical (unpaired) electrons. The number of anilines is 3. The molecular weight excluding hydrogens is 577 g/mol. The van der Waals surface area contributed by atoms with Crippen LogP contribution in [-0.2, 0) is 16.1 Å². The van der Waals surface area contributed by atoms with E-state index < -0.39 is 5.82 Å². The van der Waals surface area contributed by atoms with Gasteiger partial charge in [0, 0.05) is 68.5 Å². The fourth-order valence-electron chi connectivity index (χ4n) is 5.58. The van der Waals surface area contributed by atoms with Gasteiger partial charge in [0.25, 0.3) is 0 Å². The van der Waals surface area contributed by atoms with Crippen LogP contribution < -0.4 is 20.1 Å². The second-order valence-electron chi connectivity index (χ2n) is 11.0. The molecule has 2 aromatic carbocycles. The fraction of sp³-hybridized carbons (Fsp3) is 0.333. The van der Waals surface area contributed by atoms with E-state index in [1.54, 1.807) is 36.4 Å². The molecule has 4 aromatic rings. The number of pyridine rings is 1. The summed E-state index contributed by atoms with van der Waals surface area (Å²) in [6.07, 6.45) is 6.04. The zero-order valence-electron chi connectivity index (χ0n) is 25.2. The number of likely N-dealkylation sites (tertiary alicyclic amines) is 1. The SMILES string of the molecule is C=CC(=O)N1CCC(Nc2cc3c(Nc4ccc(Oc5ccnc(CN6CCOCC6)c5)cc4F)ncnc3cc2OC)CC1. The summed E-state index contributed by atoms with van der Waals surface area (Å²) in [6, 6.07) is 12.2. The Balaban J connectivity index is 1.16. The third-order valence-corrected chi connectivity index (χ3v) is 8.00. The number of piperidine rings is 1. The smallest absolute Gasteiger partial charge is 0.245 e. The van der Waals surface area contributed by atoms with Crippen LogP contribution in [0.4, 0.5) is 21.6 Å². The number of carbonyl (C=O) groups is 1. The van der Waals surface area contributed by atoms with Gasteiger partial charge in [-0.2, -0.15) is 0 Å². The van der Waals surface area contributed by atoms with Gasteiger partial charge < -0.3 is 29.7 Å². The lowest BCUT2D eigenvalue weighted by atomic mass is 10.0. The minimum atomic E-state index is -0.491. The van der Waals surface area contributed by atoms with Gasteiger partial charge in [-0.15, -0.1) is 0 Å². The lowest BCUT2D eigenvalue weighted by molar-refractivity contribution is -0.126. The summed E-state index contributed by atoms with van der Waals surface area (Å²) in [5, 5.41) is 7.38. The van der Waals surface area contributed by atoms with Crippen molar-refractivity contribution in [3.8, 4) is 17.2 Å². The molecule has 0 atom stereocenters. The highest BCUT2D eigenvalue weighted by Crippen LogP contribution is 2.35. The van der Waals surface area contributed by atoms with Gasteiger partial charge in [-0.1, -0.05) is 6.58 Å². The number of benzene rings is 2. The van der Waals surface area contributed by atoms with Crippen LogP contribution in [0.25, 0.3) is 10.9 Å². The van der Waals surface area contributed by atoms with Gasteiger partial charge >= 0.3 is 0 Å². The van der Waals surface area contributed by atoms with Gasteiger partial charge in [0.1, 0.15) is 35.2 Å². The Morgan fingerprint density at radius 1 is 1.04 bits per heavy atom. The number of nitrogens with one attached hydrogen (secondary N) is 2. The van der Waals surface area contributed by atoms with Crippen molar-refractivity contribution in [2.24, 2.45) is 0 Å². The quantitative estimate of drug-likeness (QED) is 0.233. The Hall–Kier alpha value is -4.81. The first-order valence-corrected chi connectivity index (χ1v) is 15.0. The minimum absolute atomic E-state index is 0.0533. The number of amides is 1. The van der Waals surface area contributed by atoms with Crippen LogP contribution in [0.5, 0.6) is 17.2 Å². The van der Waals surface area contributed by atoms with E-state index in [1.165, 1.54) is 18.5 Å². The van der Waals surface area contributed by atoms with Gasteiger partial charge in [0.15, 0.2) is 0 Å². The molecule has 2 aliphatic heterocycles. The van der Waals surface area contributed by atoms with E-state index in [4.69, 9.17) is 14.2 Å². The van der Waals surface area contributed by atoms with Gasteiger partial charge in [-0.3, -0.25) is 14.7 Å². The minimum Gasteiger partial charge on any atom is -0.495 e. The summed E-state index contributed by atoms with van der Waals surface area (Å²) in [4.78, 5) is 29.3. The summed E-state index contributed by atoms with van der Waals surface area (Å²) >= 11 is 0. The van der Waals surface area contributed by atoms with Crippen LogP contribution in [0.15, 0.2) is 67.6 Å². The van der Waals surface area contributed by atoms with E-state index >= 15 is 4.39 Å². The van der Waals surface area contributed by atoms with Crippen molar-refractivity contribution in [1.29, 1.82) is 0 Å². The fourth-order valence-corrected chi connectivity index (χ4v) is 5.58. The highest BCUT2D eigenvalue weighted by molar-refractivity contribution is 5.95. The molecule has 234 valence electrons. The van der Waals surface area contributed by atoms with Crippen LogP contribution in [0, 0.1) is 5.82 Å². The molecule has 0 aliphatic carbocycles. The predicted octanol–water partition coefficient (Wildman–Crippen LogP) is 5.13. The largest absolute Gasteiger partial charge is 0.495 e. The summed E-state index contributed by atoms with van der Waals surface area (Å²) in [5.41, 5.74) is 2.54. The normalized spacial score (nSPS) is 15.9. The second kappa shape index (κ2) is 13.9. The monoisotopic (exact) mass is 613 g/mol. The number of methoxy groups -OCH3 is 1. The third-order valence-electron chi connectivity index (χ3n) is 8.00. The van der Waals surface area contributed by atoms with Crippen molar-refractivity contribution >= 4 is 34.0 Å². The van der Waals surface area contributed by atoms with E-state index in [-0.39, 0.29) is 17.6 Å². The van der Waals surface area contributed by atoms with Gasteiger partial charge in [-0.25, -0.2) is 14.4 Å². The standard InChI is InChI=1S/C33H36FN7O4/c1-3-32(42)41-10-7-22(8-11-41)38-30-18-26-29(19-31(30)43-2)36-21-37-33(26)39-28-5-4-24(17-27(28)34)45-25-6-9-35-23(16-25)20-40-12-14-44-15-13-40/h3-6,9,16-19,21-22,38H,1,7-8,10-15,20H2,2H3,(H,36,37,39). The topological polar surface area (TPSA) is 114 Å². The number of hydrogen-bond acceptors (Lipinski definition) is 10. The Kier molecular flexibility index (Phi) is 9.32. The maximum absolute atomic E-state index is 15.4. The number of carbonyl (C=O) groups excluding carboxylic acids is 1. The molecule has 0 bridgehead atoms. The Morgan fingerprint density at radius 3 is 2.60 bits per heavy atom. The zero-order chi connectivity index (χ0) is 31.2. The first-order chi connectivity index (χ1) is 22.0. The summed E-state index contributed by atoms with van der Waals surface area (Å²) in [7, 11) is 1.61. The molecule has 2 aliphatic rings. The molecule has 2 aromatic heterocycles. The van der Waals surface area contributed by atoms with E-state index in [2.05, 4.69) is 37.1 Å². The van der Waals surface area contributed by atoms with E-state index in [0.717, 1.165) is 37.3 Å². The van der Waals surface area contributed by atoms with Crippen LogP contribution >= 0.6 is 0 Å². The highest BCUT2D eigenvalue weighted by Gasteiger charge is 2.23. The highest BCUT2D eigenvalue weighted by atomic mass is 19.1. The van der Waals surface area contributed by atoms with Gasteiger partial charge in [0.05, 0.1) is 42.9 Å². The van der Waals surface area contributed by atoms with Crippen LogP contribution in [0.1, 0.15) is 18.5 Å². The Bertz CT molecular complexity index is 1670. The first kappa shape index (κ1) is 30.2. The van der Waals surface area contributed by atoms with Crippen molar-refractivity contribution in [2.75, 3.05) is 57.1 Å². The molecule has 2 fully saturated rings. The van der Waals surface area contributed by atoms with E-state index in [9.17, 15) is 4.79 Å². The molecule has 0 unspecified atom stereocenters. The van der Waals surface area contributed by atoms with Crippen LogP contribution in [-0.4, -0.2) is 83.2 Å². The summed E-state index contributed by atoms with van der Waals surface area (Å²) < 4.78 is 32.4. The second-order valence-corrected chi connectivity index (χ2v) is 11.0. The predicted molar refractivity (Wildman–Crippen MR) is 170 cm³/mol. The number of hydrogen-bond donors (Lipinski definition) is 2. The molecule has 0 saturated carbocycles.